The third kappa shape index (κ3) is 5.71. The van der Waals surface area contributed by atoms with E-state index in [4.69, 9.17) is 0 Å². The van der Waals surface area contributed by atoms with Gasteiger partial charge in [-0.25, -0.2) is 0 Å². The molecule has 0 atom stereocenters. The van der Waals surface area contributed by atoms with Crippen LogP contribution >= 0.6 is 11.3 Å². The highest BCUT2D eigenvalue weighted by atomic mass is 32.1. The molecule has 2 heteroatoms. The molecule has 0 aliphatic heterocycles. The summed E-state index contributed by atoms with van der Waals surface area (Å²) < 4.78 is 2.67. The number of hydrogen-bond acceptors (Lipinski definition) is 2. The van der Waals surface area contributed by atoms with E-state index >= 15 is 0 Å². The molecule has 0 bridgehead atoms. The smallest absolute Gasteiger partial charge is 0.0540 e. The second kappa shape index (κ2) is 14.5. The highest BCUT2D eigenvalue weighted by Gasteiger charge is 2.38. The van der Waals surface area contributed by atoms with Gasteiger partial charge in [-0.15, -0.1) is 11.3 Å². The van der Waals surface area contributed by atoms with Crippen molar-refractivity contribution in [2.75, 3.05) is 4.90 Å². The molecule has 1 heterocycles. The molecule has 0 saturated heterocycles. The lowest BCUT2D eigenvalue weighted by Gasteiger charge is -2.29. The number of fused-ring (bicyclic) bond motifs is 11. The lowest BCUT2D eigenvalue weighted by molar-refractivity contribution is 0.660. The molecule has 0 unspecified atom stereocenters. The van der Waals surface area contributed by atoms with Crippen LogP contribution in [0.5, 0.6) is 0 Å². The summed E-state index contributed by atoms with van der Waals surface area (Å²) in [7, 11) is 0. The van der Waals surface area contributed by atoms with Gasteiger partial charge < -0.3 is 4.90 Å². The summed E-state index contributed by atoms with van der Waals surface area (Å²) >= 11 is 1.90. The van der Waals surface area contributed by atoms with Crippen LogP contribution in [0, 0.1) is 0 Å². The maximum Gasteiger partial charge on any atom is 0.0540 e. The van der Waals surface area contributed by atoms with Crippen molar-refractivity contribution in [2.45, 2.75) is 38.5 Å². The van der Waals surface area contributed by atoms with Gasteiger partial charge in [0.05, 0.1) is 5.69 Å². The van der Waals surface area contributed by atoms with Gasteiger partial charge in [0.2, 0.25) is 0 Å². The second-order valence-electron chi connectivity index (χ2n) is 19.2. The quantitative estimate of drug-likeness (QED) is 0.161. The average Bonchev–Trinajstić information content (AvgIpc) is 3.95. The highest BCUT2D eigenvalue weighted by Crippen LogP contribution is 2.54. The van der Waals surface area contributed by atoms with E-state index in [1.807, 2.05) is 11.3 Å². The molecule has 314 valence electrons. The molecule has 0 amide bonds. The van der Waals surface area contributed by atoms with Gasteiger partial charge in [-0.3, -0.25) is 0 Å². The molecule has 0 radical (unpaired) electrons. The molecular formula is C64H47NS. The molecule has 0 fully saturated rings. The summed E-state index contributed by atoms with van der Waals surface area (Å²) in [4.78, 5) is 2.48. The van der Waals surface area contributed by atoms with Crippen LogP contribution in [0.15, 0.2) is 212 Å². The van der Waals surface area contributed by atoms with Gasteiger partial charge in [-0.1, -0.05) is 198 Å². The number of rotatable bonds is 6. The number of hydrogen-bond donors (Lipinski definition) is 0. The minimum atomic E-state index is -0.134. The normalized spacial score (nSPS) is 14.0. The van der Waals surface area contributed by atoms with Crippen molar-refractivity contribution in [3.63, 3.8) is 0 Å². The van der Waals surface area contributed by atoms with Crippen molar-refractivity contribution in [2.24, 2.45) is 0 Å². The van der Waals surface area contributed by atoms with E-state index in [2.05, 4.69) is 245 Å². The topological polar surface area (TPSA) is 3.24 Å². The van der Waals surface area contributed by atoms with E-state index in [0.717, 1.165) is 17.1 Å². The Morgan fingerprint density at radius 1 is 0.364 bits per heavy atom. The molecule has 10 aromatic carbocycles. The van der Waals surface area contributed by atoms with Crippen LogP contribution in [0.4, 0.5) is 17.1 Å². The van der Waals surface area contributed by atoms with Gasteiger partial charge in [0.1, 0.15) is 0 Å². The van der Waals surface area contributed by atoms with Crippen LogP contribution in [0.1, 0.15) is 49.9 Å². The van der Waals surface area contributed by atoms with Gasteiger partial charge >= 0.3 is 0 Å². The average molecular weight is 862 g/mol. The van der Waals surface area contributed by atoms with E-state index in [1.165, 1.54) is 109 Å². The number of anilines is 3. The van der Waals surface area contributed by atoms with Gasteiger partial charge in [-0.2, -0.15) is 0 Å². The Bertz CT molecular complexity index is 3770. The number of thiophene rings is 1. The Hall–Kier alpha value is -7.52. The van der Waals surface area contributed by atoms with Crippen molar-refractivity contribution >= 4 is 59.3 Å². The van der Waals surface area contributed by atoms with Crippen molar-refractivity contribution in [3.8, 4) is 55.6 Å². The zero-order valence-corrected chi connectivity index (χ0v) is 38.4. The van der Waals surface area contributed by atoms with Crippen LogP contribution in [0.25, 0.3) is 86.6 Å². The zero-order chi connectivity index (χ0) is 44.3. The largest absolute Gasteiger partial charge is 0.310 e. The highest BCUT2D eigenvalue weighted by molar-refractivity contribution is 7.26. The van der Waals surface area contributed by atoms with Crippen LogP contribution < -0.4 is 4.90 Å². The molecule has 1 aromatic heterocycles. The van der Waals surface area contributed by atoms with Crippen molar-refractivity contribution < 1.29 is 0 Å². The first kappa shape index (κ1) is 38.9. The predicted octanol–water partition coefficient (Wildman–Crippen LogP) is 18.3. The summed E-state index contributed by atoms with van der Waals surface area (Å²) in [5.41, 5.74) is 21.4. The first-order chi connectivity index (χ1) is 32.3. The predicted molar refractivity (Wildman–Crippen MR) is 283 cm³/mol. The summed E-state index contributed by atoms with van der Waals surface area (Å²) in [6.45, 7) is 9.50. The Kier molecular flexibility index (Phi) is 8.54. The van der Waals surface area contributed by atoms with Crippen molar-refractivity contribution in [1.82, 2.24) is 0 Å². The summed E-state index contributed by atoms with van der Waals surface area (Å²) in [6.07, 6.45) is 0. The fourth-order valence-corrected chi connectivity index (χ4v) is 13.0. The molecule has 11 aromatic rings. The van der Waals surface area contributed by atoms with Gasteiger partial charge in [0.25, 0.3) is 0 Å². The van der Waals surface area contributed by atoms with Crippen LogP contribution in [0.2, 0.25) is 0 Å². The minimum Gasteiger partial charge on any atom is -0.310 e. The lowest BCUT2D eigenvalue weighted by Crippen LogP contribution is -2.16. The standard InChI is InChI=1S/C64H47NS/c1-63(2)55-26-10-7-21-50(55)52-36-33-43(39-57(52)63)46-19-9-12-28-58(46)65(45-18-13-17-42(38-45)48-24-14-25-53-51-22-8-11-27-56(51)64(3,4)61(48)53)44-34-30-41(31-35-44)47-23-15-29-59-60(47)54-37-32-40-16-5-6-20-49(40)62(54)66-59/h5-39H,1-4H3. The molecular weight excluding hydrogens is 815 g/mol. The molecule has 66 heavy (non-hydrogen) atoms. The van der Waals surface area contributed by atoms with Crippen molar-refractivity contribution in [3.05, 3.63) is 235 Å². The monoisotopic (exact) mass is 861 g/mol. The molecule has 1 nitrogen and oxygen atoms in total. The molecule has 2 aliphatic rings. The van der Waals surface area contributed by atoms with Gasteiger partial charge in [-0.05, 0) is 126 Å². The maximum absolute atomic E-state index is 2.48. The number of para-hydroxylation sites is 1. The third-order valence-electron chi connectivity index (χ3n) is 14.9. The number of nitrogens with zero attached hydrogens (tertiary/aromatic N) is 1. The van der Waals surface area contributed by atoms with E-state index in [0.29, 0.717) is 0 Å². The fourth-order valence-electron chi connectivity index (χ4n) is 11.7. The molecule has 0 saturated carbocycles. The molecule has 13 rings (SSSR count). The molecule has 0 spiro atoms. The Balaban J connectivity index is 0.980. The maximum atomic E-state index is 2.48. The number of benzene rings is 10. The SMILES string of the molecule is CC1(C)c2ccccc2-c2ccc(-c3ccccc3N(c3ccc(-c4cccc5sc6c7ccccc7ccc6c45)cc3)c3cccc(-c4cccc5c4C(C)(C)c4ccccc4-5)c3)cc21. The van der Waals surface area contributed by atoms with Crippen LogP contribution in [-0.4, -0.2) is 0 Å². The first-order valence-corrected chi connectivity index (χ1v) is 24.0. The fraction of sp³-hybridized carbons (Fsp3) is 0.0938. The van der Waals surface area contributed by atoms with E-state index in [1.54, 1.807) is 0 Å². The van der Waals surface area contributed by atoms with Crippen molar-refractivity contribution in [1.29, 1.82) is 0 Å². The lowest BCUT2D eigenvalue weighted by atomic mass is 9.79. The molecule has 0 N–H and O–H groups in total. The second-order valence-corrected chi connectivity index (χ2v) is 20.3. The van der Waals surface area contributed by atoms with Crippen LogP contribution in [0.3, 0.4) is 0 Å². The minimum absolute atomic E-state index is 0.103. The van der Waals surface area contributed by atoms with E-state index in [-0.39, 0.29) is 10.8 Å². The Labute approximate surface area is 390 Å². The summed E-state index contributed by atoms with van der Waals surface area (Å²) in [5.74, 6) is 0. The Morgan fingerprint density at radius 3 is 1.80 bits per heavy atom. The third-order valence-corrected chi connectivity index (χ3v) is 16.1. The first-order valence-electron chi connectivity index (χ1n) is 23.2. The van der Waals surface area contributed by atoms with Crippen LogP contribution in [-0.2, 0) is 10.8 Å². The Morgan fingerprint density at radius 2 is 0.970 bits per heavy atom. The van der Waals surface area contributed by atoms with Gasteiger partial charge in [0, 0.05) is 47.9 Å². The summed E-state index contributed by atoms with van der Waals surface area (Å²) in [6, 6.07) is 79.5. The molecule has 2 aliphatic carbocycles. The summed E-state index contributed by atoms with van der Waals surface area (Å²) in [5, 5.41) is 5.25. The van der Waals surface area contributed by atoms with Gasteiger partial charge in [0.15, 0.2) is 0 Å². The van der Waals surface area contributed by atoms with E-state index < -0.39 is 0 Å². The van der Waals surface area contributed by atoms with E-state index in [9.17, 15) is 0 Å². The zero-order valence-electron chi connectivity index (χ0n) is 37.6.